The molecule has 0 aromatic carbocycles. The number of halogens is 1. The molecule has 0 aliphatic carbocycles. The molecule has 0 bridgehead atoms. The van der Waals surface area contributed by atoms with Crippen molar-refractivity contribution in [1.82, 2.24) is 20.2 Å². The molecule has 1 N–H and O–H groups in total. The molecule has 0 amide bonds. The van der Waals surface area contributed by atoms with Gasteiger partial charge in [-0.15, -0.1) is 16.4 Å². The maximum Gasteiger partial charge on any atom is 0.305 e. The smallest absolute Gasteiger partial charge is 0.305 e. The van der Waals surface area contributed by atoms with Crippen LogP contribution in [0.25, 0.3) is 10.7 Å². The lowest BCUT2D eigenvalue weighted by molar-refractivity contribution is -0.138. The van der Waals surface area contributed by atoms with Crippen molar-refractivity contribution in [3.63, 3.8) is 0 Å². The van der Waals surface area contributed by atoms with Crippen LogP contribution in [0.3, 0.4) is 0 Å². The fraction of sp³-hybridized carbons (Fsp3) is 0.400. The lowest BCUT2D eigenvalue weighted by Gasteiger charge is -2.13. The third-order valence-corrected chi connectivity index (χ3v) is 4.37. The van der Waals surface area contributed by atoms with Gasteiger partial charge in [-0.3, -0.25) is 4.79 Å². The number of tetrazole rings is 1. The molecular formula is C10H11BrN4O2S. The Morgan fingerprint density at radius 2 is 2.44 bits per heavy atom. The van der Waals surface area contributed by atoms with Gasteiger partial charge in [0.2, 0.25) is 0 Å². The van der Waals surface area contributed by atoms with E-state index < -0.39 is 5.97 Å². The van der Waals surface area contributed by atoms with Crippen LogP contribution >= 0.6 is 27.3 Å². The molecular weight excluding hydrogens is 320 g/mol. The summed E-state index contributed by atoms with van der Waals surface area (Å²) in [6, 6.07) is 1.68. The number of carboxylic acid groups (broad SMARTS) is 1. The summed E-state index contributed by atoms with van der Waals surface area (Å²) in [6.45, 7) is 1.92. The first-order valence-corrected chi connectivity index (χ1v) is 7.03. The first-order valence-electron chi connectivity index (χ1n) is 5.36. The van der Waals surface area contributed by atoms with E-state index in [2.05, 4.69) is 31.5 Å². The van der Waals surface area contributed by atoms with Gasteiger partial charge in [0, 0.05) is 4.47 Å². The van der Waals surface area contributed by atoms with E-state index >= 15 is 0 Å². The topological polar surface area (TPSA) is 80.9 Å². The number of nitrogens with zero attached hydrogens (tertiary/aromatic N) is 4. The second-order valence-corrected chi connectivity index (χ2v) is 5.48. The number of aromatic nitrogens is 4. The largest absolute Gasteiger partial charge is 0.481 e. The van der Waals surface area contributed by atoms with Crippen LogP contribution < -0.4 is 0 Å². The second-order valence-electron chi connectivity index (χ2n) is 3.70. The minimum Gasteiger partial charge on any atom is -0.481 e. The Bertz CT molecular complexity index is 554. The Hall–Kier alpha value is -1.28. The first kappa shape index (κ1) is 13.2. The summed E-state index contributed by atoms with van der Waals surface area (Å²) in [6.07, 6.45) is 0.671. The SMILES string of the molecule is CCC(CC(=O)O)n1nnnc1-c1sccc1Br. The Morgan fingerprint density at radius 3 is 3.00 bits per heavy atom. The molecule has 8 heteroatoms. The van der Waals surface area contributed by atoms with E-state index in [1.165, 1.54) is 11.3 Å². The molecule has 6 nitrogen and oxygen atoms in total. The Labute approximate surface area is 116 Å². The van der Waals surface area contributed by atoms with Gasteiger partial charge in [-0.2, -0.15) is 0 Å². The first-order chi connectivity index (χ1) is 8.63. The van der Waals surface area contributed by atoms with Crippen LogP contribution in [-0.4, -0.2) is 31.3 Å². The van der Waals surface area contributed by atoms with Gasteiger partial charge in [0.25, 0.3) is 0 Å². The van der Waals surface area contributed by atoms with Gasteiger partial charge in [0.15, 0.2) is 5.82 Å². The Kier molecular flexibility index (Phi) is 4.07. The van der Waals surface area contributed by atoms with Crippen molar-refractivity contribution in [2.75, 3.05) is 0 Å². The fourth-order valence-electron chi connectivity index (χ4n) is 1.65. The van der Waals surface area contributed by atoms with Gasteiger partial charge in [0.05, 0.1) is 17.3 Å². The number of carbonyl (C=O) groups is 1. The lowest BCUT2D eigenvalue weighted by Crippen LogP contribution is -2.15. The standard InChI is InChI=1S/C10H11BrN4O2S/c1-2-6(5-8(16)17)15-10(12-13-14-15)9-7(11)3-4-18-9/h3-4,6H,2,5H2,1H3,(H,16,17). The average molecular weight is 331 g/mol. The highest BCUT2D eigenvalue weighted by Gasteiger charge is 2.21. The van der Waals surface area contributed by atoms with Crippen LogP contribution in [0.5, 0.6) is 0 Å². The zero-order valence-corrected chi connectivity index (χ0v) is 12.0. The van der Waals surface area contributed by atoms with Crippen LogP contribution in [-0.2, 0) is 4.79 Å². The number of aliphatic carboxylic acids is 1. The van der Waals surface area contributed by atoms with E-state index in [9.17, 15) is 4.79 Å². The zero-order chi connectivity index (χ0) is 13.1. The molecule has 18 heavy (non-hydrogen) atoms. The summed E-state index contributed by atoms with van der Waals surface area (Å²) in [7, 11) is 0. The lowest BCUT2D eigenvalue weighted by atomic mass is 10.1. The third kappa shape index (κ3) is 2.59. The number of thiophene rings is 1. The normalized spacial score (nSPS) is 12.6. The van der Waals surface area contributed by atoms with Crippen molar-refractivity contribution < 1.29 is 9.90 Å². The van der Waals surface area contributed by atoms with Crippen molar-refractivity contribution in [2.24, 2.45) is 0 Å². The highest BCUT2D eigenvalue weighted by molar-refractivity contribution is 9.10. The van der Waals surface area contributed by atoms with Crippen molar-refractivity contribution in [2.45, 2.75) is 25.8 Å². The van der Waals surface area contributed by atoms with Crippen molar-refractivity contribution in [1.29, 1.82) is 0 Å². The van der Waals surface area contributed by atoms with Gasteiger partial charge in [0.1, 0.15) is 0 Å². The molecule has 1 atom stereocenters. The summed E-state index contributed by atoms with van der Waals surface area (Å²) in [5, 5.41) is 22.4. The molecule has 2 rings (SSSR count). The van der Waals surface area contributed by atoms with Crippen molar-refractivity contribution >= 4 is 33.2 Å². The molecule has 1 unspecified atom stereocenters. The minimum atomic E-state index is -0.853. The molecule has 0 radical (unpaired) electrons. The van der Waals surface area contributed by atoms with Gasteiger partial charge in [-0.25, -0.2) is 4.68 Å². The molecule has 2 aromatic rings. The van der Waals surface area contributed by atoms with Gasteiger partial charge in [-0.05, 0) is 44.2 Å². The number of carboxylic acids is 1. The van der Waals surface area contributed by atoms with E-state index in [1.807, 2.05) is 18.4 Å². The third-order valence-electron chi connectivity index (χ3n) is 2.54. The summed E-state index contributed by atoms with van der Waals surface area (Å²) in [5.41, 5.74) is 0. The van der Waals surface area contributed by atoms with E-state index in [4.69, 9.17) is 5.11 Å². The predicted octanol–water partition coefficient (Wildman–Crippen LogP) is 2.59. The van der Waals surface area contributed by atoms with Gasteiger partial charge >= 0.3 is 5.97 Å². The summed E-state index contributed by atoms with van der Waals surface area (Å²) in [5.74, 6) is -0.251. The van der Waals surface area contributed by atoms with Gasteiger partial charge in [-0.1, -0.05) is 6.92 Å². The van der Waals surface area contributed by atoms with E-state index in [1.54, 1.807) is 4.68 Å². The summed E-state index contributed by atoms with van der Waals surface area (Å²) in [4.78, 5) is 11.7. The molecule has 96 valence electrons. The second kappa shape index (κ2) is 5.57. The molecule has 0 saturated carbocycles. The summed E-state index contributed by atoms with van der Waals surface area (Å²) < 4.78 is 2.50. The number of hydrogen-bond donors (Lipinski definition) is 1. The molecule has 0 fully saturated rings. The van der Waals surface area contributed by atoms with E-state index in [0.717, 1.165) is 9.35 Å². The predicted molar refractivity (Wildman–Crippen MR) is 70.4 cm³/mol. The van der Waals surface area contributed by atoms with Crippen molar-refractivity contribution in [3.05, 3.63) is 15.9 Å². The summed E-state index contributed by atoms with van der Waals surface area (Å²) >= 11 is 4.94. The Balaban J connectivity index is 2.38. The quantitative estimate of drug-likeness (QED) is 0.911. The zero-order valence-electron chi connectivity index (χ0n) is 9.58. The Morgan fingerprint density at radius 1 is 1.67 bits per heavy atom. The van der Waals surface area contributed by atoms with Crippen LogP contribution in [0.1, 0.15) is 25.8 Å². The maximum atomic E-state index is 10.8. The van der Waals surface area contributed by atoms with Crippen LogP contribution in [0.4, 0.5) is 0 Å². The maximum absolute atomic E-state index is 10.8. The van der Waals surface area contributed by atoms with Crippen LogP contribution in [0, 0.1) is 0 Å². The van der Waals surface area contributed by atoms with Crippen molar-refractivity contribution in [3.8, 4) is 10.7 Å². The van der Waals surface area contributed by atoms with Crippen LogP contribution in [0.2, 0.25) is 0 Å². The molecule has 0 aliphatic heterocycles. The van der Waals surface area contributed by atoms with Crippen LogP contribution in [0.15, 0.2) is 15.9 Å². The monoisotopic (exact) mass is 330 g/mol. The molecule has 0 aliphatic rings. The van der Waals surface area contributed by atoms with E-state index in [-0.39, 0.29) is 12.5 Å². The molecule has 0 spiro atoms. The van der Waals surface area contributed by atoms with E-state index in [0.29, 0.717) is 12.2 Å². The average Bonchev–Trinajstić information content (AvgIpc) is 2.93. The number of rotatable bonds is 5. The molecule has 2 aromatic heterocycles. The molecule has 0 saturated heterocycles. The minimum absolute atomic E-state index is 0.0114. The van der Waals surface area contributed by atoms with Gasteiger partial charge < -0.3 is 5.11 Å². The highest BCUT2D eigenvalue weighted by atomic mass is 79.9. The highest BCUT2D eigenvalue weighted by Crippen LogP contribution is 2.33. The number of hydrogen-bond acceptors (Lipinski definition) is 5. The fourth-order valence-corrected chi connectivity index (χ4v) is 3.17. The molecule has 2 heterocycles.